The van der Waals surface area contributed by atoms with E-state index < -0.39 is 0 Å². The molecule has 4 rings (SSSR count). The number of piperazine rings is 1. The van der Waals surface area contributed by atoms with E-state index in [0.29, 0.717) is 6.61 Å². The summed E-state index contributed by atoms with van der Waals surface area (Å²) in [6.07, 6.45) is 5.51. The molecule has 2 aliphatic rings. The van der Waals surface area contributed by atoms with Gasteiger partial charge in [-0.2, -0.15) is 5.10 Å². The van der Waals surface area contributed by atoms with Crippen LogP contribution in [0.3, 0.4) is 0 Å². The maximum atomic E-state index is 5.14. The van der Waals surface area contributed by atoms with Gasteiger partial charge in [0.2, 0.25) is 5.95 Å². The second-order valence-electron chi connectivity index (χ2n) is 7.82. The number of nitrogens with one attached hydrogen (secondary N) is 2. The van der Waals surface area contributed by atoms with Crippen molar-refractivity contribution in [3.05, 3.63) is 30.1 Å². The van der Waals surface area contributed by atoms with E-state index in [9.17, 15) is 0 Å². The van der Waals surface area contributed by atoms with Crippen LogP contribution in [0.25, 0.3) is 0 Å². The minimum Gasteiger partial charge on any atom is -0.377 e. The zero-order valence-electron chi connectivity index (χ0n) is 18.4. The number of hydrogen-bond acceptors (Lipinski definition) is 8. The molecule has 0 bridgehead atoms. The number of guanidine groups is 1. The molecule has 2 aliphatic heterocycles. The van der Waals surface area contributed by atoms with Crippen molar-refractivity contribution in [2.45, 2.75) is 32.0 Å². The first kappa shape index (κ1) is 21.4. The molecule has 168 valence electrons. The molecule has 0 radical (unpaired) electrons. The molecular weight excluding hydrogens is 396 g/mol. The van der Waals surface area contributed by atoms with Crippen LogP contribution in [0.15, 0.2) is 23.5 Å². The van der Waals surface area contributed by atoms with Gasteiger partial charge in [-0.05, 0) is 12.5 Å². The quantitative estimate of drug-likeness (QED) is 0.446. The average molecular weight is 429 g/mol. The van der Waals surface area contributed by atoms with Crippen molar-refractivity contribution >= 4 is 11.9 Å². The number of aliphatic imine (C=N–C) groups is 1. The number of nitrogens with zero attached hydrogens (tertiary/aromatic N) is 8. The SMILES string of the molecule is CN=C(NCCN1CCN(c2ncccn2)CC1)NC1CCc2nc(COC)nn2C1. The summed E-state index contributed by atoms with van der Waals surface area (Å²) in [5.74, 6) is 3.44. The first-order valence-corrected chi connectivity index (χ1v) is 10.9. The Bertz CT molecular complexity index is 847. The first-order chi connectivity index (χ1) is 15.2. The summed E-state index contributed by atoms with van der Waals surface area (Å²) >= 11 is 0. The minimum absolute atomic E-state index is 0.283. The Kier molecular flexibility index (Phi) is 7.26. The summed E-state index contributed by atoms with van der Waals surface area (Å²) < 4.78 is 7.13. The molecule has 2 aromatic heterocycles. The van der Waals surface area contributed by atoms with E-state index in [2.05, 4.69) is 45.5 Å². The van der Waals surface area contributed by atoms with Gasteiger partial charge in [0.25, 0.3) is 0 Å². The van der Waals surface area contributed by atoms with Crippen LogP contribution in [-0.4, -0.2) is 95.1 Å². The molecule has 0 amide bonds. The van der Waals surface area contributed by atoms with Gasteiger partial charge in [-0.3, -0.25) is 9.89 Å². The fraction of sp³-hybridized carbons (Fsp3) is 0.650. The zero-order valence-corrected chi connectivity index (χ0v) is 18.4. The predicted molar refractivity (Wildman–Crippen MR) is 118 cm³/mol. The van der Waals surface area contributed by atoms with Crippen LogP contribution >= 0.6 is 0 Å². The first-order valence-electron chi connectivity index (χ1n) is 10.9. The highest BCUT2D eigenvalue weighted by molar-refractivity contribution is 5.79. The molecular formula is C20H32N10O. The maximum Gasteiger partial charge on any atom is 0.225 e. The van der Waals surface area contributed by atoms with E-state index in [4.69, 9.17) is 4.74 Å². The Hall–Kier alpha value is -2.79. The number of aromatic nitrogens is 5. The number of anilines is 1. The highest BCUT2D eigenvalue weighted by Crippen LogP contribution is 2.13. The molecule has 0 aromatic carbocycles. The lowest BCUT2D eigenvalue weighted by Crippen LogP contribution is -2.51. The van der Waals surface area contributed by atoms with Crippen molar-refractivity contribution in [3.8, 4) is 0 Å². The smallest absolute Gasteiger partial charge is 0.225 e. The minimum atomic E-state index is 0.283. The monoisotopic (exact) mass is 428 g/mol. The van der Waals surface area contributed by atoms with Crippen molar-refractivity contribution in [2.24, 2.45) is 4.99 Å². The average Bonchev–Trinajstić information content (AvgIpc) is 3.21. The van der Waals surface area contributed by atoms with Gasteiger partial charge in [0.1, 0.15) is 12.4 Å². The van der Waals surface area contributed by atoms with Gasteiger partial charge < -0.3 is 20.3 Å². The molecule has 2 aromatic rings. The number of aryl methyl sites for hydroxylation is 1. The maximum absolute atomic E-state index is 5.14. The van der Waals surface area contributed by atoms with E-state index in [1.54, 1.807) is 19.5 Å². The second-order valence-corrected chi connectivity index (χ2v) is 7.82. The molecule has 2 N–H and O–H groups in total. The lowest BCUT2D eigenvalue weighted by atomic mass is 10.1. The largest absolute Gasteiger partial charge is 0.377 e. The van der Waals surface area contributed by atoms with Gasteiger partial charge in [0.15, 0.2) is 11.8 Å². The molecule has 0 aliphatic carbocycles. The molecule has 1 saturated heterocycles. The van der Waals surface area contributed by atoms with Gasteiger partial charge in [-0.25, -0.2) is 19.6 Å². The molecule has 1 unspecified atom stereocenters. The molecule has 31 heavy (non-hydrogen) atoms. The van der Waals surface area contributed by atoms with Crippen LogP contribution < -0.4 is 15.5 Å². The molecule has 11 heteroatoms. The van der Waals surface area contributed by atoms with E-state index in [1.807, 2.05) is 17.8 Å². The Morgan fingerprint density at radius 3 is 2.77 bits per heavy atom. The Morgan fingerprint density at radius 2 is 2.03 bits per heavy atom. The Balaban J connectivity index is 1.17. The van der Waals surface area contributed by atoms with E-state index in [0.717, 1.165) is 82.2 Å². The van der Waals surface area contributed by atoms with Crippen LogP contribution in [0.4, 0.5) is 5.95 Å². The van der Waals surface area contributed by atoms with Crippen molar-refractivity contribution in [1.82, 2.24) is 40.3 Å². The highest BCUT2D eigenvalue weighted by atomic mass is 16.5. The summed E-state index contributed by atoms with van der Waals surface area (Å²) in [6, 6.07) is 2.13. The van der Waals surface area contributed by atoms with Crippen molar-refractivity contribution in [1.29, 1.82) is 0 Å². The van der Waals surface area contributed by atoms with Crippen LogP contribution in [0.5, 0.6) is 0 Å². The molecule has 4 heterocycles. The molecule has 0 saturated carbocycles. The third-order valence-electron chi connectivity index (χ3n) is 5.67. The lowest BCUT2D eigenvalue weighted by molar-refractivity contribution is 0.177. The number of hydrogen-bond donors (Lipinski definition) is 2. The fourth-order valence-corrected chi connectivity index (χ4v) is 4.02. The van der Waals surface area contributed by atoms with Crippen molar-refractivity contribution in [2.75, 3.05) is 58.3 Å². The van der Waals surface area contributed by atoms with Gasteiger partial charge in [-0.1, -0.05) is 0 Å². The van der Waals surface area contributed by atoms with Crippen LogP contribution in [0.2, 0.25) is 0 Å². The Labute approximate surface area is 182 Å². The van der Waals surface area contributed by atoms with E-state index >= 15 is 0 Å². The highest BCUT2D eigenvalue weighted by Gasteiger charge is 2.23. The van der Waals surface area contributed by atoms with Crippen molar-refractivity contribution in [3.63, 3.8) is 0 Å². The third-order valence-corrected chi connectivity index (χ3v) is 5.67. The normalized spacial score (nSPS) is 19.9. The van der Waals surface area contributed by atoms with Gasteiger partial charge in [-0.15, -0.1) is 0 Å². The van der Waals surface area contributed by atoms with Crippen molar-refractivity contribution < 1.29 is 4.74 Å². The molecule has 11 nitrogen and oxygen atoms in total. The topological polar surface area (TPSA) is 109 Å². The standard InChI is InChI=1S/C20H32N10O/c1-21-19(25-16-4-5-18-26-17(15-31-2)27-30(18)14-16)22-8-9-28-10-12-29(13-11-28)20-23-6-3-7-24-20/h3,6-7,16H,4-5,8-15H2,1-2H3,(H2,21,22,25). The van der Waals surface area contributed by atoms with Crippen LogP contribution in [-0.2, 0) is 24.3 Å². The fourth-order valence-electron chi connectivity index (χ4n) is 4.02. The number of methoxy groups -OCH3 is 1. The molecule has 0 spiro atoms. The second kappa shape index (κ2) is 10.5. The summed E-state index contributed by atoms with van der Waals surface area (Å²) in [5, 5.41) is 11.5. The number of rotatable bonds is 7. The molecule has 1 atom stereocenters. The summed E-state index contributed by atoms with van der Waals surface area (Å²) in [5.41, 5.74) is 0. The number of ether oxygens (including phenoxy) is 1. The predicted octanol–water partition coefficient (Wildman–Crippen LogP) is -0.483. The van der Waals surface area contributed by atoms with Gasteiger partial charge in [0, 0.05) is 78.3 Å². The van der Waals surface area contributed by atoms with Crippen LogP contribution in [0, 0.1) is 0 Å². The van der Waals surface area contributed by atoms with Gasteiger partial charge in [0.05, 0.1) is 6.54 Å². The van der Waals surface area contributed by atoms with E-state index in [1.165, 1.54) is 0 Å². The lowest BCUT2D eigenvalue weighted by Gasteiger charge is -2.34. The Morgan fingerprint density at radius 1 is 1.23 bits per heavy atom. The number of fused-ring (bicyclic) bond motifs is 1. The summed E-state index contributed by atoms with van der Waals surface area (Å²) in [4.78, 5) is 22.3. The summed E-state index contributed by atoms with van der Waals surface area (Å²) in [7, 11) is 3.48. The van der Waals surface area contributed by atoms with Gasteiger partial charge >= 0.3 is 0 Å². The van der Waals surface area contributed by atoms with E-state index in [-0.39, 0.29) is 6.04 Å². The zero-order chi connectivity index (χ0) is 21.5. The molecule has 1 fully saturated rings. The third kappa shape index (κ3) is 5.67. The summed E-state index contributed by atoms with van der Waals surface area (Å²) in [6.45, 7) is 6.98. The van der Waals surface area contributed by atoms with Crippen LogP contribution in [0.1, 0.15) is 18.1 Å².